The number of halogens is 1. The number of amides is 1. The number of rotatable bonds is 0. The predicted molar refractivity (Wildman–Crippen MR) is 56.7 cm³/mol. The molecule has 0 radical (unpaired) electrons. The second-order valence-electron chi connectivity index (χ2n) is 3.33. The molecule has 2 N–H and O–H groups in total. The minimum Gasteiger partial charge on any atom is -0.481 e. The number of fused-ring (bicyclic) bond motifs is 1. The van der Waals surface area contributed by atoms with Gasteiger partial charge in [-0.1, -0.05) is 6.07 Å². The highest BCUT2D eigenvalue weighted by Crippen LogP contribution is 2.24. The van der Waals surface area contributed by atoms with Gasteiger partial charge in [0.15, 0.2) is 0 Å². The molecule has 1 aliphatic heterocycles. The van der Waals surface area contributed by atoms with Crippen molar-refractivity contribution in [2.75, 3.05) is 5.32 Å². The van der Waals surface area contributed by atoms with Crippen molar-refractivity contribution >= 4 is 17.6 Å². The lowest BCUT2D eigenvalue weighted by Crippen LogP contribution is -2.19. The Hall–Kier alpha value is -1.91. The topological polar surface area (TPSA) is 66.4 Å². The first-order valence-corrected chi connectivity index (χ1v) is 4.77. The van der Waals surface area contributed by atoms with E-state index in [-0.39, 0.29) is 11.7 Å². The summed E-state index contributed by atoms with van der Waals surface area (Å²) in [5, 5.41) is 10.0. The highest BCUT2D eigenvalue weighted by atomic mass is 19.1. The molecular formula is C11H12FNO3. The molecule has 0 bridgehead atoms. The molecule has 1 amide bonds. The van der Waals surface area contributed by atoms with Crippen molar-refractivity contribution in [1.29, 1.82) is 0 Å². The molecule has 1 heterocycles. The summed E-state index contributed by atoms with van der Waals surface area (Å²) >= 11 is 0. The summed E-state index contributed by atoms with van der Waals surface area (Å²) in [6.07, 6.45) is 0.891. The maximum absolute atomic E-state index is 13.0. The molecular weight excluding hydrogens is 213 g/mol. The summed E-state index contributed by atoms with van der Waals surface area (Å²) in [5.74, 6) is -1.10. The van der Waals surface area contributed by atoms with Gasteiger partial charge in [0.05, 0.1) is 0 Å². The van der Waals surface area contributed by atoms with Crippen LogP contribution in [0.5, 0.6) is 0 Å². The number of carbonyl (C=O) groups is 2. The minimum absolute atomic E-state index is 0.0342. The van der Waals surface area contributed by atoms with Crippen molar-refractivity contribution in [3.63, 3.8) is 0 Å². The van der Waals surface area contributed by atoms with Gasteiger partial charge in [-0.25, -0.2) is 4.39 Å². The number of aliphatic carboxylic acids is 1. The van der Waals surface area contributed by atoms with Gasteiger partial charge >= 0.3 is 0 Å². The normalized spacial score (nSPS) is 13.0. The zero-order chi connectivity index (χ0) is 12.1. The Balaban J connectivity index is 0.000000280. The molecule has 0 atom stereocenters. The van der Waals surface area contributed by atoms with Crippen LogP contribution in [0.2, 0.25) is 0 Å². The van der Waals surface area contributed by atoms with E-state index in [0.29, 0.717) is 24.1 Å². The summed E-state index contributed by atoms with van der Waals surface area (Å²) in [6.45, 7) is 1.08. The fraction of sp³-hybridized carbons (Fsp3) is 0.273. The Morgan fingerprint density at radius 2 is 2.06 bits per heavy atom. The number of benzene rings is 1. The van der Waals surface area contributed by atoms with Crippen molar-refractivity contribution in [1.82, 2.24) is 0 Å². The highest BCUT2D eigenvalue weighted by Gasteiger charge is 2.16. The summed E-state index contributed by atoms with van der Waals surface area (Å²) in [5.41, 5.74) is 1.24. The summed E-state index contributed by atoms with van der Waals surface area (Å²) in [4.78, 5) is 19.9. The van der Waals surface area contributed by atoms with Crippen LogP contribution in [0.1, 0.15) is 18.9 Å². The van der Waals surface area contributed by atoms with Crippen molar-refractivity contribution in [3.05, 3.63) is 29.6 Å². The van der Waals surface area contributed by atoms with Gasteiger partial charge in [0.2, 0.25) is 5.91 Å². The summed E-state index contributed by atoms with van der Waals surface area (Å²) in [6, 6.07) is 4.73. The summed E-state index contributed by atoms with van der Waals surface area (Å²) in [7, 11) is 0. The van der Waals surface area contributed by atoms with Gasteiger partial charge in [-0.15, -0.1) is 0 Å². The van der Waals surface area contributed by atoms with E-state index in [1.54, 1.807) is 12.1 Å². The molecule has 0 aromatic heterocycles. The largest absolute Gasteiger partial charge is 0.481 e. The van der Waals surface area contributed by atoms with Gasteiger partial charge in [0, 0.05) is 24.6 Å². The Bertz CT molecular complexity index is 414. The van der Waals surface area contributed by atoms with Crippen LogP contribution in [0.15, 0.2) is 18.2 Å². The predicted octanol–water partition coefficient (Wildman–Crippen LogP) is 1.80. The lowest BCUT2D eigenvalue weighted by atomic mass is 10.0. The molecule has 5 heteroatoms. The third-order valence-electron chi connectivity index (χ3n) is 2.00. The summed E-state index contributed by atoms with van der Waals surface area (Å²) < 4.78 is 13.0. The van der Waals surface area contributed by atoms with Gasteiger partial charge in [-0.05, 0) is 18.6 Å². The van der Waals surface area contributed by atoms with Crippen molar-refractivity contribution in [3.8, 4) is 0 Å². The maximum Gasteiger partial charge on any atom is 0.300 e. The Morgan fingerprint density at radius 1 is 1.44 bits per heavy atom. The minimum atomic E-state index is -0.833. The monoisotopic (exact) mass is 225 g/mol. The molecule has 0 fully saturated rings. The first-order chi connectivity index (χ1) is 7.50. The number of carboxylic acids is 1. The second-order valence-corrected chi connectivity index (χ2v) is 3.33. The van der Waals surface area contributed by atoms with Crippen LogP contribution < -0.4 is 5.32 Å². The lowest BCUT2D eigenvalue weighted by molar-refractivity contribution is -0.134. The van der Waals surface area contributed by atoms with Gasteiger partial charge < -0.3 is 10.4 Å². The third-order valence-corrected chi connectivity index (χ3v) is 2.00. The van der Waals surface area contributed by atoms with E-state index in [2.05, 4.69) is 5.32 Å². The lowest BCUT2D eigenvalue weighted by Gasteiger charge is -2.16. The number of hydrogen-bond donors (Lipinski definition) is 2. The van der Waals surface area contributed by atoms with Gasteiger partial charge in [0.1, 0.15) is 5.82 Å². The molecule has 0 saturated heterocycles. The molecule has 2 rings (SSSR count). The van der Waals surface area contributed by atoms with E-state index in [4.69, 9.17) is 9.90 Å². The first-order valence-electron chi connectivity index (χ1n) is 4.77. The number of nitrogens with one attached hydrogen (secondary N) is 1. The van der Waals surface area contributed by atoms with Gasteiger partial charge in [-0.3, -0.25) is 9.59 Å². The van der Waals surface area contributed by atoms with E-state index in [9.17, 15) is 9.18 Å². The highest BCUT2D eigenvalue weighted by molar-refractivity contribution is 5.93. The van der Waals surface area contributed by atoms with E-state index < -0.39 is 5.97 Å². The Kier molecular flexibility index (Phi) is 3.99. The fourth-order valence-corrected chi connectivity index (χ4v) is 1.38. The average molecular weight is 225 g/mol. The molecule has 1 aromatic rings. The SMILES string of the molecule is CC(=O)O.O=C1CCc2c(F)cccc2N1. The van der Waals surface area contributed by atoms with Crippen LogP contribution in [-0.2, 0) is 16.0 Å². The Morgan fingerprint density at radius 3 is 2.69 bits per heavy atom. The van der Waals surface area contributed by atoms with Crippen LogP contribution >= 0.6 is 0 Å². The van der Waals surface area contributed by atoms with Crippen LogP contribution in [0.3, 0.4) is 0 Å². The molecule has 1 aromatic carbocycles. The zero-order valence-electron chi connectivity index (χ0n) is 8.79. The molecule has 4 nitrogen and oxygen atoms in total. The standard InChI is InChI=1S/C9H8FNO.C2H4O2/c10-7-2-1-3-8-6(7)4-5-9(12)11-8;1-2(3)4/h1-3H,4-5H2,(H,11,12);1H3,(H,3,4). The van der Waals surface area contributed by atoms with Crippen LogP contribution in [0.25, 0.3) is 0 Å². The maximum atomic E-state index is 13.0. The van der Waals surface area contributed by atoms with Crippen molar-refractivity contribution < 1.29 is 19.1 Å². The quantitative estimate of drug-likeness (QED) is 0.707. The van der Waals surface area contributed by atoms with Crippen molar-refractivity contribution in [2.24, 2.45) is 0 Å². The fourth-order valence-electron chi connectivity index (χ4n) is 1.38. The van der Waals surface area contributed by atoms with Gasteiger partial charge in [0.25, 0.3) is 5.97 Å². The number of carbonyl (C=O) groups excluding carboxylic acids is 1. The zero-order valence-corrected chi connectivity index (χ0v) is 8.79. The molecule has 0 saturated carbocycles. The second kappa shape index (κ2) is 5.25. The van der Waals surface area contributed by atoms with E-state index in [0.717, 1.165) is 6.92 Å². The van der Waals surface area contributed by atoms with E-state index in [1.165, 1.54) is 6.07 Å². The molecule has 0 aliphatic carbocycles. The van der Waals surface area contributed by atoms with Crippen molar-refractivity contribution in [2.45, 2.75) is 19.8 Å². The average Bonchev–Trinajstić information content (AvgIpc) is 2.16. The molecule has 86 valence electrons. The number of carboxylic acid groups (broad SMARTS) is 1. The van der Waals surface area contributed by atoms with Crippen LogP contribution in [-0.4, -0.2) is 17.0 Å². The molecule has 0 spiro atoms. The van der Waals surface area contributed by atoms with Crippen LogP contribution in [0.4, 0.5) is 10.1 Å². The molecule has 0 unspecified atom stereocenters. The first kappa shape index (κ1) is 12.2. The molecule has 16 heavy (non-hydrogen) atoms. The molecule has 1 aliphatic rings. The van der Waals surface area contributed by atoms with Crippen LogP contribution in [0, 0.1) is 5.82 Å². The smallest absolute Gasteiger partial charge is 0.300 e. The number of anilines is 1. The number of hydrogen-bond acceptors (Lipinski definition) is 2. The van der Waals surface area contributed by atoms with E-state index >= 15 is 0 Å². The van der Waals surface area contributed by atoms with Gasteiger partial charge in [-0.2, -0.15) is 0 Å². The third kappa shape index (κ3) is 3.34. The Labute approximate surface area is 92.1 Å². The van der Waals surface area contributed by atoms with E-state index in [1.807, 2.05) is 0 Å².